The topological polar surface area (TPSA) is 82.9 Å². The maximum atomic E-state index is 12.8. The first-order chi connectivity index (χ1) is 15.0. The molecule has 0 saturated carbocycles. The van der Waals surface area contributed by atoms with Crippen molar-refractivity contribution in [1.82, 2.24) is 10.9 Å². The molecule has 0 aromatic heterocycles. The lowest BCUT2D eigenvalue weighted by Gasteiger charge is -2.02. The molecule has 0 spiro atoms. The van der Waals surface area contributed by atoms with Gasteiger partial charge in [-0.25, -0.2) is 19.6 Å². The number of halogens is 2. The van der Waals surface area contributed by atoms with Crippen molar-refractivity contribution in [1.29, 1.82) is 0 Å². The zero-order valence-corrected chi connectivity index (χ0v) is 17.2. The molecule has 0 heterocycles. The summed E-state index contributed by atoms with van der Waals surface area (Å²) in [6, 6.07) is 11.6. The molecule has 2 rings (SSSR count). The number of nitrogens with zero attached hydrogens (tertiary/aromatic N) is 2. The van der Waals surface area contributed by atoms with Gasteiger partial charge in [0.2, 0.25) is 11.8 Å². The standard InChI is InChI=1S/C23H26F2N4O2/c24-20-12-8-18(9-13-20)16-26-28-22(30)6-4-2-1-3-5-7-23(31)29-27-17-19-10-14-21(25)15-11-19/h8-17H,1-7H2,(H,28,30)(H,29,31)/b26-16+,27-17+. The third kappa shape index (κ3) is 10.8. The monoisotopic (exact) mass is 428 g/mol. The molecule has 2 amide bonds. The highest BCUT2D eigenvalue weighted by Crippen LogP contribution is 2.07. The van der Waals surface area contributed by atoms with E-state index in [0.29, 0.717) is 24.0 Å². The first-order valence-electron chi connectivity index (χ1n) is 10.2. The predicted octanol–water partition coefficient (Wildman–Crippen LogP) is 4.30. The van der Waals surface area contributed by atoms with Crippen LogP contribution in [0, 0.1) is 11.6 Å². The average molecular weight is 428 g/mol. The maximum absolute atomic E-state index is 12.8. The minimum atomic E-state index is -0.322. The number of hydrogen-bond acceptors (Lipinski definition) is 4. The lowest BCUT2D eigenvalue weighted by molar-refractivity contribution is -0.121. The summed E-state index contributed by atoms with van der Waals surface area (Å²) in [5, 5.41) is 7.69. The van der Waals surface area contributed by atoms with Crippen LogP contribution in [0.4, 0.5) is 8.78 Å². The van der Waals surface area contributed by atoms with Gasteiger partial charge < -0.3 is 0 Å². The Hall–Kier alpha value is -3.42. The summed E-state index contributed by atoms with van der Waals surface area (Å²) in [5.41, 5.74) is 6.30. The van der Waals surface area contributed by atoms with Gasteiger partial charge in [0.1, 0.15) is 11.6 Å². The van der Waals surface area contributed by atoms with E-state index in [0.717, 1.165) is 32.1 Å². The van der Waals surface area contributed by atoms with E-state index in [2.05, 4.69) is 21.1 Å². The molecule has 0 aliphatic heterocycles. The van der Waals surface area contributed by atoms with E-state index in [-0.39, 0.29) is 23.4 Å². The minimum absolute atomic E-state index is 0.170. The van der Waals surface area contributed by atoms with Crippen molar-refractivity contribution in [2.75, 3.05) is 0 Å². The van der Waals surface area contributed by atoms with Gasteiger partial charge in [-0.3, -0.25) is 9.59 Å². The molecule has 164 valence electrons. The van der Waals surface area contributed by atoms with E-state index in [9.17, 15) is 18.4 Å². The highest BCUT2D eigenvalue weighted by Gasteiger charge is 2.02. The Morgan fingerprint density at radius 2 is 1.00 bits per heavy atom. The van der Waals surface area contributed by atoms with Crippen LogP contribution in [0.1, 0.15) is 56.1 Å². The van der Waals surface area contributed by atoms with Gasteiger partial charge in [0.25, 0.3) is 0 Å². The van der Waals surface area contributed by atoms with Gasteiger partial charge in [0.05, 0.1) is 12.4 Å². The first-order valence-corrected chi connectivity index (χ1v) is 10.2. The fourth-order valence-electron chi connectivity index (χ4n) is 2.67. The van der Waals surface area contributed by atoms with Crippen molar-refractivity contribution < 1.29 is 18.4 Å². The molecule has 0 aliphatic rings. The third-order valence-corrected chi connectivity index (χ3v) is 4.35. The van der Waals surface area contributed by atoms with Gasteiger partial charge in [-0.2, -0.15) is 10.2 Å². The molecule has 0 radical (unpaired) electrons. The second kappa shape index (κ2) is 13.7. The number of hydrogen-bond donors (Lipinski definition) is 2. The smallest absolute Gasteiger partial charge is 0.240 e. The molecule has 0 bridgehead atoms. The van der Waals surface area contributed by atoms with Gasteiger partial charge in [-0.1, -0.05) is 43.5 Å². The SMILES string of the molecule is O=C(CCCCCCCC(=O)N/N=C/c1ccc(F)cc1)N/N=C/c1ccc(F)cc1. The summed E-state index contributed by atoms with van der Waals surface area (Å²) >= 11 is 0. The van der Waals surface area contributed by atoms with E-state index in [1.807, 2.05) is 0 Å². The van der Waals surface area contributed by atoms with Crippen LogP contribution in [0.5, 0.6) is 0 Å². The van der Waals surface area contributed by atoms with Crippen molar-refractivity contribution in [3.05, 3.63) is 71.3 Å². The largest absolute Gasteiger partial charge is 0.273 e. The van der Waals surface area contributed by atoms with Crippen LogP contribution < -0.4 is 10.9 Å². The van der Waals surface area contributed by atoms with Crippen LogP contribution in [0.25, 0.3) is 0 Å². The molecular weight excluding hydrogens is 402 g/mol. The average Bonchev–Trinajstić information content (AvgIpc) is 2.76. The molecule has 2 aromatic rings. The molecule has 31 heavy (non-hydrogen) atoms. The Labute approximate surface area is 180 Å². The van der Waals surface area contributed by atoms with Crippen LogP contribution >= 0.6 is 0 Å². The number of amides is 2. The number of unbranched alkanes of at least 4 members (excludes halogenated alkanes) is 4. The Kier molecular flexibility index (Phi) is 10.6. The van der Waals surface area contributed by atoms with Gasteiger partial charge in [-0.05, 0) is 48.2 Å². The molecule has 0 aliphatic carbocycles. The molecule has 8 heteroatoms. The Morgan fingerprint density at radius 3 is 1.39 bits per heavy atom. The predicted molar refractivity (Wildman–Crippen MR) is 117 cm³/mol. The van der Waals surface area contributed by atoms with Crippen LogP contribution in [-0.2, 0) is 9.59 Å². The van der Waals surface area contributed by atoms with Crippen molar-refractivity contribution in [3.8, 4) is 0 Å². The van der Waals surface area contributed by atoms with Crippen molar-refractivity contribution in [3.63, 3.8) is 0 Å². The summed E-state index contributed by atoms with van der Waals surface area (Å²) < 4.78 is 25.6. The molecule has 6 nitrogen and oxygen atoms in total. The van der Waals surface area contributed by atoms with Crippen LogP contribution in [0.15, 0.2) is 58.7 Å². The summed E-state index contributed by atoms with van der Waals surface area (Å²) in [6.07, 6.45) is 7.87. The van der Waals surface area contributed by atoms with Crippen molar-refractivity contribution in [2.45, 2.75) is 44.9 Å². The van der Waals surface area contributed by atoms with Crippen LogP contribution in [-0.4, -0.2) is 24.2 Å². The van der Waals surface area contributed by atoms with Gasteiger partial charge >= 0.3 is 0 Å². The van der Waals surface area contributed by atoms with Crippen LogP contribution in [0.3, 0.4) is 0 Å². The van der Waals surface area contributed by atoms with E-state index in [1.54, 1.807) is 24.3 Å². The molecule has 0 unspecified atom stereocenters. The number of rotatable bonds is 12. The molecule has 2 N–H and O–H groups in total. The van der Waals surface area contributed by atoms with E-state index in [1.165, 1.54) is 36.7 Å². The second-order valence-electron chi connectivity index (χ2n) is 6.96. The molecule has 0 fully saturated rings. The summed E-state index contributed by atoms with van der Waals surface area (Å²) in [6.45, 7) is 0. The van der Waals surface area contributed by atoms with E-state index < -0.39 is 0 Å². The lowest BCUT2D eigenvalue weighted by Crippen LogP contribution is -2.17. The number of carbonyl (C=O) groups excluding carboxylic acids is 2. The van der Waals surface area contributed by atoms with E-state index in [4.69, 9.17) is 0 Å². The summed E-state index contributed by atoms with van der Waals surface area (Å²) in [5.74, 6) is -0.983. The van der Waals surface area contributed by atoms with E-state index >= 15 is 0 Å². The maximum Gasteiger partial charge on any atom is 0.240 e. The second-order valence-corrected chi connectivity index (χ2v) is 6.96. The molecular formula is C23H26F2N4O2. The third-order valence-electron chi connectivity index (χ3n) is 4.35. The lowest BCUT2D eigenvalue weighted by atomic mass is 10.1. The quantitative estimate of drug-likeness (QED) is 0.300. The molecule has 2 aromatic carbocycles. The zero-order valence-electron chi connectivity index (χ0n) is 17.2. The molecule has 0 atom stereocenters. The zero-order chi connectivity index (χ0) is 22.3. The fraction of sp³-hybridized carbons (Fsp3) is 0.304. The Bertz CT molecular complexity index is 808. The van der Waals surface area contributed by atoms with Gasteiger partial charge in [-0.15, -0.1) is 0 Å². The summed E-state index contributed by atoms with van der Waals surface area (Å²) in [4.78, 5) is 23.4. The minimum Gasteiger partial charge on any atom is -0.273 e. The highest BCUT2D eigenvalue weighted by atomic mass is 19.1. The van der Waals surface area contributed by atoms with Crippen molar-refractivity contribution >= 4 is 24.2 Å². The molecule has 0 saturated heterocycles. The first kappa shape index (κ1) is 23.9. The highest BCUT2D eigenvalue weighted by molar-refractivity contribution is 5.83. The number of benzene rings is 2. The summed E-state index contributed by atoms with van der Waals surface area (Å²) in [7, 11) is 0. The number of carbonyl (C=O) groups is 2. The van der Waals surface area contributed by atoms with Crippen LogP contribution in [0.2, 0.25) is 0 Å². The van der Waals surface area contributed by atoms with Gasteiger partial charge in [0, 0.05) is 12.8 Å². The fourth-order valence-corrected chi connectivity index (χ4v) is 2.67. The number of hydrazone groups is 2. The van der Waals surface area contributed by atoms with Crippen molar-refractivity contribution in [2.24, 2.45) is 10.2 Å². The Morgan fingerprint density at radius 1 is 0.645 bits per heavy atom. The number of nitrogens with one attached hydrogen (secondary N) is 2. The normalized spacial score (nSPS) is 11.2. The Balaban J connectivity index is 1.46. The van der Waals surface area contributed by atoms with Gasteiger partial charge in [0.15, 0.2) is 0 Å².